The minimum Gasteiger partial charge on any atom is -0.398 e. The number of nitrogens with two attached hydrogens (primary N) is 1. The van der Waals surface area contributed by atoms with E-state index in [2.05, 4.69) is 24.1 Å². The van der Waals surface area contributed by atoms with Crippen molar-refractivity contribution in [3.05, 3.63) is 23.2 Å². The van der Waals surface area contributed by atoms with Gasteiger partial charge >= 0.3 is 0 Å². The number of nitrogen functional groups attached to an aromatic ring is 1. The highest BCUT2D eigenvalue weighted by Crippen LogP contribution is 2.22. The lowest BCUT2D eigenvalue weighted by Gasteiger charge is -2.18. The summed E-state index contributed by atoms with van der Waals surface area (Å²) < 4.78 is 0. The van der Waals surface area contributed by atoms with Gasteiger partial charge in [-0.3, -0.25) is 0 Å². The van der Waals surface area contributed by atoms with E-state index in [9.17, 15) is 0 Å². The van der Waals surface area contributed by atoms with Crippen LogP contribution in [0.1, 0.15) is 13.8 Å². The number of nitrogens with one attached hydrogen (secondary N) is 1. The van der Waals surface area contributed by atoms with Gasteiger partial charge in [0.15, 0.2) is 0 Å². The van der Waals surface area contributed by atoms with Crippen molar-refractivity contribution in [3.63, 3.8) is 0 Å². The van der Waals surface area contributed by atoms with Crippen molar-refractivity contribution in [1.29, 1.82) is 0 Å². The molecule has 1 aromatic carbocycles. The standard InChI is InChI=1S/C12H20ClN3/c1-3-16(4-2)8-7-15-10-5-6-12(14)11(13)9-10/h5-6,9,15H,3-4,7-8,14H2,1-2H3. The van der Waals surface area contributed by atoms with Crippen LogP contribution in [0.5, 0.6) is 0 Å². The second kappa shape index (κ2) is 6.61. The first kappa shape index (κ1) is 13.1. The highest BCUT2D eigenvalue weighted by atomic mass is 35.5. The van der Waals surface area contributed by atoms with E-state index in [0.717, 1.165) is 31.9 Å². The fourth-order valence-corrected chi connectivity index (χ4v) is 1.72. The molecule has 0 spiro atoms. The molecule has 0 amide bonds. The highest BCUT2D eigenvalue weighted by molar-refractivity contribution is 6.33. The van der Waals surface area contributed by atoms with Gasteiger partial charge in [-0.05, 0) is 31.3 Å². The molecule has 1 rings (SSSR count). The van der Waals surface area contributed by atoms with Gasteiger partial charge in [0.2, 0.25) is 0 Å². The van der Waals surface area contributed by atoms with Crippen LogP contribution in [0.2, 0.25) is 5.02 Å². The van der Waals surface area contributed by atoms with Crippen LogP contribution < -0.4 is 11.1 Å². The molecule has 0 heterocycles. The number of nitrogens with zero attached hydrogens (tertiary/aromatic N) is 1. The lowest BCUT2D eigenvalue weighted by molar-refractivity contribution is 0.316. The predicted octanol–water partition coefficient (Wildman–Crippen LogP) is 2.68. The summed E-state index contributed by atoms with van der Waals surface area (Å²) in [7, 11) is 0. The van der Waals surface area contributed by atoms with Gasteiger partial charge in [-0.2, -0.15) is 0 Å². The summed E-state index contributed by atoms with van der Waals surface area (Å²) in [5.74, 6) is 0. The maximum atomic E-state index is 5.93. The summed E-state index contributed by atoms with van der Waals surface area (Å²) in [5, 5.41) is 3.93. The monoisotopic (exact) mass is 241 g/mol. The fourth-order valence-electron chi connectivity index (χ4n) is 1.54. The number of halogens is 1. The number of hydrogen-bond acceptors (Lipinski definition) is 3. The predicted molar refractivity (Wildman–Crippen MR) is 72.1 cm³/mol. The van der Waals surface area contributed by atoms with E-state index in [0.29, 0.717) is 10.7 Å². The molecular weight excluding hydrogens is 222 g/mol. The minimum atomic E-state index is 0.604. The van der Waals surface area contributed by atoms with Crippen molar-refractivity contribution in [2.45, 2.75) is 13.8 Å². The Kier molecular flexibility index (Phi) is 5.43. The Bertz CT molecular complexity index is 324. The van der Waals surface area contributed by atoms with E-state index in [4.69, 9.17) is 17.3 Å². The molecule has 0 aliphatic heterocycles. The lowest BCUT2D eigenvalue weighted by Crippen LogP contribution is -2.28. The zero-order chi connectivity index (χ0) is 12.0. The molecule has 4 heteroatoms. The van der Waals surface area contributed by atoms with E-state index >= 15 is 0 Å². The number of rotatable bonds is 6. The van der Waals surface area contributed by atoms with Crippen LogP contribution in [-0.2, 0) is 0 Å². The fraction of sp³-hybridized carbons (Fsp3) is 0.500. The second-order valence-corrected chi connectivity index (χ2v) is 4.10. The third-order valence-electron chi connectivity index (χ3n) is 2.65. The van der Waals surface area contributed by atoms with Crippen molar-refractivity contribution in [2.24, 2.45) is 0 Å². The molecular formula is C12H20ClN3. The maximum absolute atomic E-state index is 5.93. The third-order valence-corrected chi connectivity index (χ3v) is 2.98. The van der Waals surface area contributed by atoms with Gasteiger partial charge in [0.1, 0.15) is 0 Å². The number of anilines is 2. The molecule has 0 radical (unpaired) electrons. The first-order chi connectivity index (χ1) is 7.67. The van der Waals surface area contributed by atoms with Crippen molar-refractivity contribution in [3.8, 4) is 0 Å². The van der Waals surface area contributed by atoms with Crippen LogP contribution in [-0.4, -0.2) is 31.1 Å². The Morgan fingerprint density at radius 3 is 2.56 bits per heavy atom. The van der Waals surface area contributed by atoms with Gasteiger partial charge in [-0.15, -0.1) is 0 Å². The molecule has 90 valence electrons. The molecule has 0 aromatic heterocycles. The molecule has 0 aliphatic carbocycles. The van der Waals surface area contributed by atoms with Crippen LogP contribution in [0.3, 0.4) is 0 Å². The molecule has 3 N–H and O–H groups in total. The van der Waals surface area contributed by atoms with Crippen molar-refractivity contribution in [2.75, 3.05) is 37.2 Å². The minimum absolute atomic E-state index is 0.604. The summed E-state index contributed by atoms with van der Waals surface area (Å²) in [6, 6.07) is 5.63. The summed E-state index contributed by atoms with van der Waals surface area (Å²) in [5.41, 5.74) is 7.28. The first-order valence-electron chi connectivity index (χ1n) is 5.68. The van der Waals surface area contributed by atoms with E-state index < -0.39 is 0 Å². The van der Waals surface area contributed by atoms with Crippen molar-refractivity contribution in [1.82, 2.24) is 4.90 Å². The molecule has 0 aliphatic rings. The Labute approximate surface area is 103 Å². The lowest BCUT2D eigenvalue weighted by atomic mass is 10.3. The van der Waals surface area contributed by atoms with E-state index in [1.54, 1.807) is 0 Å². The van der Waals surface area contributed by atoms with Gasteiger partial charge in [0.05, 0.1) is 10.7 Å². The number of likely N-dealkylation sites (N-methyl/N-ethyl adjacent to an activating group) is 1. The second-order valence-electron chi connectivity index (χ2n) is 3.69. The SMILES string of the molecule is CCN(CC)CCNc1ccc(N)c(Cl)c1. The molecule has 0 unspecified atom stereocenters. The van der Waals surface area contributed by atoms with Crippen LogP contribution in [0, 0.1) is 0 Å². The Morgan fingerprint density at radius 1 is 1.31 bits per heavy atom. The maximum Gasteiger partial charge on any atom is 0.0655 e. The molecule has 0 saturated carbocycles. The normalized spacial score (nSPS) is 10.8. The average Bonchev–Trinajstić information content (AvgIpc) is 2.29. The van der Waals surface area contributed by atoms with Gasteiger partial charge in [0, 0.05) is 18.8 Å². The molecule has 0 bridgehead atoms. The van der Waals surface area contributed by atoms with E-state index in [-0.39, 0.29) is 0 Å². The molecule has 1 aromatic rings. The molecule has 0 saturated heterocycles. The van der Waals surface area contributed by atoms with Crippen LogP contribution in [0.15, 0.2) is 18.2 Å². The third kappa shape index (κ3) is 3.91. The number of benzene rings is 1. The summed E-state index contributed by atoms with van der Waals surface area (Å²) >= 11 is 5.93. The summed E-state index contributed by atoms with van der Waals surface area (Å²) in [6.07, 6.45) is 0. The van der Waals surface area contributed by atoms with Crippen LogP contribution >= 0.6 is 11.6 Å². The molecule has 3 nitrogen and oxygen atoms in total. The Morgan fingerprint density at radius 2 is 2.00 bits per heavy atom. The van der Waals surface area contributed by atoms with E-state index in [1.807, 2.05) is 18.2 Å². The van der Waals surface area contributed by atoms with Gasteiger partial charge < -0.3 is 16.0 Å². The Hall–Kier alpha value is -0.930. The van der Waals surface area contributed by atoms with Gasteiger partial charge in [-0.1, -0.05) is 25.4 Å². The zero-order valence-corrected chi connectivity index (χ0v) is 10.7. The van der Waals surface area contributed by atoms with Gasteiger partial charge in [0.25, 0.3) is 0 Å². The topological polar surface area (TPSA) is 41.3 Å². The molecule has 0 fully saturated rings. The van der Waals surface area contributed by atoms with Crippen molar-refractivity contribution < 1.29 is 0 Å². The van der Waals surface area contributed by atoms with Gasteiger partial charge in [-0.25, -0.2) is 0 Å². The van der Waals surface area contributed by atoms with E-state index in [1.165, 1.54) is 0 Å². The largest absolute Gasteiger partial charge is 0.398 e. The summed E-state index contributed by atoms with van der Waals surface area (Å²) in [6.45, 7) is 8.46. The highest BCUT2D eigenvalue weighted by Gasteiger charge is 2.00. The zero-order valence-electron chi connectivity index (χ0n) is 9.96. The van der Waals surface area contributed by atoms with Crippen LogP contribution in [0.4, 0.5) is 11.4 Å². The smallest absolute Gasteiger partial charge is 0.0655 e. The van der Waals surface area contributed by atoms with Crippen molar-refractivity contribution >= 4 is 23.0 Å². The van der Waals surface area contributed by atoms with Crippen LogP contribution in [0.25, 0.3) is 0 Å². The summed E-state index contributed by atoms with van der Waals surface area (Å²) in [4.78, 5) is 2.37. The number of hydrogen-bond donors (Lipinski definition) is 2. The quantitative estimate of drug-likeness (QED) is 0.753. The average molecular weight is 242 g/mol. The molecule has 16 heavy (non-hydrogen) atoms. The first-order valence-corrected chi connectivity index (χ1v) is 6.06. The molecule has 0 atom stereocenters. The Balaban J connectivity index is 2.40.